The van der Waals surface area contributed by atoms with Crippen LogP contribution in [0.5, 0.6) is 0 Å². The van der Waals surface area contributed by atoms with Crippen molar-refractivity contribution in [1.29, 1.82) is 0 Å². The lowest BCUT2D eigenvalue weighted by atomic mass is 9.79. The summed E-state index contributed by atoms with van der Waals surface area (Å²) in [5.41, 5.74) is 0. The van der Waals surface area contributed by atoms with Gasteiger partial charge in [0, 0.05) is 25.3 Å². The minimum absolute atomic E-state index is 0.753. The van der Waals surface area contributed by atoms with E-state index in [0.29, 0.717) is 0 Å². The van der Waals surface area contributed by atoms with Gasteiger partial charge in [0.1, 0.15) is 0 Å². The molecule has 2 N–H and O–H groups in total. The average molecular weight is 280 g/mol. The molecular formula is C17H32N2O. The van der Waals surface area contributed by atoms with Crippen LogP contribution in [0.15, 0.2) is 0 Å². The molecule has 0 aromatic heterocycles. The number of rotatable bonds is 8. The van der Waals surface area contributed by atoms with E-state index in [9.17, 15) is 0 Å². The second-order valence-electron chi connectivity index (χ2n) is 7.08. The van der Waals surface area contributed by atoms with Gasteiger partial charge >= 0.3 is 0 Å². The molecule has 3 heteroatoms. The quantitative estimate of drug-likeness (QED) is 0.671. The van der Waals surface area contributed by atoms with E-state index in [2.05, 4.69) is 10.6 Å². The summed E-state index contributed by atoms with van der Waals surface area (Å²) in [5.74, 6) is 1.78. The van der Waals surface area contributed by atoms with Crippen molar-refractivity contribution in [1.82, 2.24) is 10.6 Å². The van der Waals surface area contributed by atoms with Gasteiger partial charge < -0.3 is 15.4 Å². The molecule has 20 heavy (non-hydrogen) atoms. The Morgan fingerprint density at radius 1 is 1.00 bits per heavy atom. The molecular weight excluding hydrogens is 248 g/mol. The van der Waals surface area contributed by atoms with E-state index >= 15 is 0 Å². The maximum Gasteiger partial charge on any atom is 0.0494 e. The summed E-state index contributed by atoms with van der Waals surface area (Å²) in [6, 6.07) is 1.54. The summed E-state index contributed by atoms with van der Waals surface area (Å²) in [6.07, 6.45) is 12.4. The van der Waals surface area contributed by atoms with E-state index in [1.165, 1.54) is 64.3 Å². The molecule has 3 atom stereocenters. The highest BCUT2D eigenvalue weighted by Crippen LogP contribution is 2.30. The van der Waals surface area contributed by atoms with Crippen LogP contribution in [0.25, 0.3) is 0 Å². The third kappa shape index (κ3) is 4.44. The van der Waals surface area contributed by atoms with Crippen molar-refractivity contribution in [3.63, 3.8) is 0 Å². The van der Waals surface area contributed by atoms with Crippen molar-refractivity contribution in [3.05, 3.63) is 0 Å². The molecule has 1 aliphatic heterocycles. The summed E-state index contributed by atoms with van der Waals surface area (Å²) in [6.45, 7) is 4.34. The monoisotopic (exact) mass is 280 g/mol. The van der Waals surface area contributed by atoms with E-state index in [1.54, 1.807) is 0 Å². The predicted octanol–water partition coefficient (Wildman–Crippen LogP) is 2.70. The molecule has 0 aromatic carbocycles. The van der Waals surface area contributed by atoms with Crippen molar-refractivity contribution in [3.8, 4) is 0 Å². The Kier molecular flexibility index (Phi) is 5.75. The molecule has 3 fully saturated rings. The molecule has 3 unspecified atom stereocenters. The largest absolute Gasteiger partial charge is 0.381 e. The van der Waals surface area contributed by atoms with Gasteiger partial charge in [-0.3, -0.25) is 0 Å². The summed E-state index contributed by atoms with van der Waals surface area (Å²) in [5, 5.41) is 7.55. The number of hydrogen-bond donors (Lipinski definition) is 2. The molecule has 2 aliphatic carbocycles. The van der Waals surface area contributed by atoms with Gasteiger partial charge in [-0.2, -0.15) is 0 Å². The summed E-state index contributed by atoms with van der Waals surface area (Å²) >= 11 is 0. The fourth-order valence-electron chi connectivity index (χ4n) is 3.97. The van der Waals surface area contributed by atoms with Crippen LogP contribution in [0.4, 0.5) is 0 Å². The van der Waals surface area contributed by atoms with Crippen LogP contribution < -0.4 is 10.6 Å². The highest BCUT2D eigenvalue weighted by Gasteiger charge is 2.32. The Bertz CT molecular complexity index is 274. The molecule has 0 amide bonds. The first-order valence-electron chi connectivity index (χ1n) is 8.98. The smallest absolute Gasteiger partial charge is 0.0494 e. The molecule has 3 rings (SSSR count). The minimum Gasteiger partial charge on any atom is -0.381 e. The minimum atomic E-state index is 0.753. The number of hydrogen-bond acceptors (Lipinski definition) is 3. The summed E-state index contributed by atoms with van der Waals surface area (Å²) in [7, 11) is 0. The van der Waals surface area contributed by atoms with Gasteiger partial charge in [0.15, 0.2) is 0 Å². The first-order chi connectivity index (χ1) is 9.93. The molecule has 0 bridgehead atoms. The SMILES string of the molecule is C(CNC1CCCCC1C1CCCN1)COCC1CC1. The number of ether oxygens (including phenoxy) is 1. The third-order valence-electron chi connectivity index (χ3n) is 5.36. The fourth-order valence-corrected chi connectivity index (χ4v) is 3.97. The van der Waals surface area contributed by atoms with Crippen LogP contribution in [0.1, 0.15) is 57.8 Å². The van der Waals surface area contributed by atoms with Crippen LogP contribution in [0, 0.1) is 11.8 Å². The lowest BCUT2D eigenvalue weighted by molar-refractivity contribution is 0.119. The molecule has 0 radical (unpaired) electrons. The van der Waals surface area contributed by atoms with Crippen molar-refractivity contribution < 1.29 is 4.74 Å². The van der Waals surface area contributed by atoms with E-state index in [1.807, 2.05) is 0 Å². The molecule has 116 valence electrons. The van der Waals surface area contributed by atoms with E-state index in [4.69, 9.17) is 4.74 Å². The molecule has 0 aromatic rings. The number of nitrogens with one attached hydrogen (secondary N) is 2. The van der Waals surface area contributed by atoms with Gasteiger partial charge in [0.25, 0.3) is 0 Å². The first kappa shape index (κ1) is 14.8. The van der Waals surface area contributed by atoms with Gasteiger partial charge in [-0.05, 0) is 69.9 Å². The predicted molar refractivity (Wildman–Crippen MR) is 82.9 cm³/mol. The zero-order valence-electron chi connectivity index (χ0n) is 12.9. The van der Waals surface area contributed by atoms with Gasteiger partial charge in [-0.1, -0.05) is 12.8 Å². The second-order valence-corrected chi connectivity index (χ2v) is 7.08. The van der Waals surface area contributed by atoms with Gasteiger partial charge in [-0.15, -0.1) is 0 Å². The van der Waals surface area contributed by atoms with Crippen molar-refractivity contribution >= 4 is 0 Å². The van der Waals surface area contributed by atoms with Crippen LogP contribution in [-0.2, 0) is 4.74 Å². The van der Waals surface area contributed by atoms with Gasteiger partial charge in [-0.25, -0.2) is 0 Å². The van der Waals surface area contributed by atoms with Crippen LogP contribution in [0.2, 0.25) is 0 Å². The highest BCUT2D eigenvalue weighted by molar-refractivity contribution is 4.91. The molecule has 0 spiro atoms. The Balaban J connectivity index is 1.31. The van der Waals surface area contributed by atoms with Crippen molar-refractivity contribution in [2.75, 3.05) is 26.3 Å². The van der Waals surface area contributed by atoms with Gasteiger partial charge in [0.2, 0.25) is 0 Å². The maximum atomic E-state index is 5.72. The van der Waals surface area contributed by atoms with E-state index < -0.39 is 0 Å². The zero-order chi connectivity index (χ0) is 13.6. The summed E-state index contributed by atoms with van der Waals surface area (Å²) < 4.78 is 5.72. The molecule has 3 aliphatic rings. The average Bonchev–Trinajstić information content (AvgIpc) is 3.14. The lowest BCUT2D eigenvalue weighted by Crippen LogP contribution is -2.47. The molecule has 2 saturated carbocycles. The molecule has 1 heterocycles. The second kappa shape index (κ2) is 7.77. The Morgan fingerprint density at radius 2 is 1.90 bits per heavy atom. The van der Waals surface area contributed by atoms with E-state index in [-0.39, 0.29) is 0 Å². The Hall–Kier alpha value is -0.120. The third-order valence-corrected chi connectivity index (χ3v) is 5.36. The van der Waals surface area contributed by atoms with Crippen LogP contribution >= 0.6 is 0 Å². The lowest BCUT2D eigenvalue weighted by Gasteiger charge is -2.36. The Morgan fingerprint density at radius 3 is 2.70 bits per heavy atom. The van der Waals surface area contributed by atoms with Gasteiger partial charge in [0.05, 0.1) is 0 Å². The topological polar surface area (TPSA) is 33.3 Å². The van der Waals surface area contributed by atoms with E-state index in [0.717, 1.165) is 43.7 Å². The van der Waals surface area contributed by atoms with Crippen LogP contribution in [0.3, 0.4) is 0 Å². The van der Waals surface area contributed by atoms with Crippen LogP contribution in [-0.4, -0.2) is 38.4 Å². The normalized spacial score (nSPS) is 34.5. The fraction of sp³-hybridized carbons (Fsp3) is 1.00. The zero-order valence-corrected chi connectivity index (χ0v) is 12.9. The maximum absolute atomic E-state index is 5.72. The standard InChI is InChI=1S/C17H32N2O/c1-2-6-16(15(5-1)17-7-3-10-18-17)19-11-4-12-20-13-14-8-9-14/h14-19H,1-13H2. The summed E-state index contributed by atoms with van der Waals surface area (Å²) in [4.78, 5) is 0. The Labute approximate surface area is 124 Å². The molecule has 1 saturated heterocycles. The highest BCUT2D eigenvalue weighted by atomic mass is 16.5. The van der Waals surface area contributed by atoms with Crippen molar-refractivity contribution in [2.45, 2.75) is 69.9 Å². The molecule has 3 nitrogen and oxygen atoms in total. The van der Waals surface area contributed by atoms with Crippen molar-refractivity contribution in [2.24, 2.45) is 11.8 Å². The first-order valence-corrected chi connectivity index (χ1v) is 8.98.